The van der Waals surface area contributed by atoms with Crippen LogP contribution in [0.5, 0.6) is 0 Å². The number of rotatable bonds is 4. The Kier molecular flexibility index (Phi) is 7.18. The highest BCUT2D eigenvalue weighted by Gasteiger charge is 2.26. The number of guanidine groups is 1. The molecule has 0 radical (unpaired) electrons. The van der Waals surface area contributed by atoms with E-state index in [2.05, 4.69) is 21.3 Å². The van der Waals surface area contributed by atoms with Gasteiger partial charge in [-0.25, -0.2) is 0 Å². The van der Waals surface area contributed by atoms with Gasteiger partial charge in [-0.1, -0.05) is 29.3 Å². The maximum Gasteiger partial charge on any atom is 0.185 e. The number of fused-ring (bicyclic) bond motifs is 1. The van der Waals surface area contributed by atoms with Gasteiger partial charge in [0.25, 0.3) is 0 Å². The minimum atomic E-state index is 0. The van der Waals surface area contributed by atoms with Gasteiger partial charge in [-0.3, -0.25) is 9.89 Å². The number of hydrogen-bond acceptors (Lipinski definition) is 3. The fraction of sp³-hybridized carbons (Fsp3) is 0.312. The van der Waals surface area contributed by atoms with E-state index in [9.17, 15) is 0 Å². The normalized spacial score (nSPS) is 15.2. The van der Waals surface area contributed by atoms with Crippen molar-refractivity contribution < 1.29 is 0 Å². The van der Waals surface area contributed by atoms with E-state index in [-0.39, 0.29) is 36.0 Å². The maximum atomic E-state index is 6.42. The molecular weight excluding hydrogens is 478 g/mol. The summed E-state index contributed by atoms with van der Waals surface area (Å²) in [4.78, 5) is 8.06. The van der Waals surface area contributed by atoms with Crippen LogP contribution in [0.3, 0.4) is 0 Å². The van der Waals surface area contributed by atoms with Crippen molar-refractivity contribution in [1.29, 1.82) is 0 Å². The standard InChI is InChI=1S/C16H18Cl2N4S.HI/c17-11-1-2-12(13(18)7-11)14(8-21-16(19)20)22-5-3-15-10(9-22)4-6-23-15;/h1-2,4,6-7,14H,3,5,8-9H2,(H4,19,20,21);1H. The number of benzene rings is 1. The van der Waals surface area contributed by atoms with Gasteiger partial charge in [0.15, 0.2) is 5.96 Å². The third-order valence-corrected chi connectivity index (χ3v) is 5.63. The molecule has 8 heteroatoms. The maximum absolute atomic E-state index is 6.42. The van der Waals surface area contributed by atoms with E-state index >= 15 is 0 Å². The summed E-state index contributed by atoms with van der Waals surface area (Å²) < 4.78 is 0. The Balaban J connectivity index is 0.00000208. The fourth-order valence-electron chi connectivity index (χ4n) is 2.91. The van der Waals surface area contributed by atoms with Crippen molar-refractivity contribution in [3.8, 4) is 0 Å². The van der Waals surface area contributed by atoms with Crippen LogP contribution in [0.4, 0.5) is 0 Å². The minimum Gasteiger partial charge on any atom is -0.370 e. The average Bonchev–Trinajstić information content (AvgIpc) is 2.96. The highest BCUT2D eigenvalue weighted by molar-refractivity contribution is 14.0. The van der Waals surface area contributed by atoms with Crippen LogP contribution in [0.15, 0.2) is 34.6 Å². The molecule has 4 N–H and O–H groups in total. The number of nitrogens with two attached hydrogens (primary N) is 2. The van der Waals surface area contributed by atoms with Crippen LogP contribution in [0.25, 0.3) is 0 Å². The molecule has 1 aliphatic rings. The Labute approximate surface area is 172 Å². The summed E-state index contributed by atoms with van der Waals surface area (Å²) in [7, 11) is 0. The van der Waals surface area contributed by atoms with Gasteiger partial charge in [-0.15, -0.1) is 35.3 Å². The van der Waals surface area contributed by atoms with E-state index in [1.807, 2.05) is 23.5 Å². The Morgan fingerprint density at radius 2 is 2.08 bits per heavy atom. The molecule has 0 bridgehead atoms. The molecular formula is C16H19Cl2IN4S. The molecule has 0 amide bonds. The molecule has 0 saturated heterocycles. The molecule has 4 nitrogen and oxygen atoms in total. The second-order valence-corrected chi connectivity index (χ2v) is 7.38. The zero-order chi connectivity index (χ0) is 16.4. The van der Waals surface area contributed by atoms with Gasteiger partial charge in [0.05, 0.1) is 12.6 Å². The molecule has 130 valence electrons. The molecule has 2 heterocycles. The van der Waals surface area contributed by atoms with Crippen molar-refractivity contribution in [2.45, 2.75) is 19.0 Å². The largest absolute Gasteiger partial charge is 0.370 e. The first-order valence-corrected chi connectivity index (χ1v) is 8.98. The van der Waals surface area contributed by atoms with Gasteiger partial charge >= 0.3 is 0 Å². The number of nitrogens with zero attached hydrogens (tertiary/aromatic N) is 2. The predicted octanol–water partition coefficient (Wildman–Crippen LogP) is 4.05. The highest BCUT2D eigenvalue weighted by atomic mass is 127. The Morgan fingerprint density at radius 1 is 1.29 bits per heavy atom. The summed E-state index contributed by atoms with van der Waals surface area (Å²) in [6.07, 6.45) is 1.04. The third-order valence-electron chi connectivity index (χ3n) is 4.05. The van der Waals surface area contributed by atoms with Gasteiger partial charge < -0.3 is 11.5 Å². The molecule has 1 aliphatic heterocycles. The summed E-state index contributed by atoms with van der Waals surface area (Å²) >= 11 is 14.3. The predicted molar refractivity (Wildman–Crippen MR) is 114 cm³/mol. The van der Waals surface area contributed by atoms with Gasteiger partial charge in [-0.2, -0.15) is 0 Å². The van der Waals surface area contributed by atoms with E-state index < -0.39 is 0 Å². The molecule has 1 aromatic heterocycles. The first-order chi connectivity index (χ1) is 11.0. The van der Waals surface area contributed by atoms with Crippen LogP contribution in [0.2, 0.25) is 10.0 Å². The smallest absolute Gasteiger partial charge is 0.185 e. The zero-order valence-corrected chi connectivity index (χ0v) is 17.6. The van der Waals surface area contributed by atoms with Gasteiger partial charge in [-0.05, 0) is 41.1 Å². The quantitative estimate of drug-likeness (QED) is 0.381. The molecule has 0 aliphatic carbocycles. The lowest BCUT2D eigenvalue weighted by Gasteiger charge is -2.34. The lowest BCUT2D eigenvalue weighted by molar-refractivity contribution is 0.185. The second-order valence-electron chi connectivity index (χ2n) is 5.54. The van der Waals surface area contributed by atoms with Crippen molar-refractivity contribution in [2.24, 2.45) is 16.5 Å². The monoisotopic (exact) mass is 496 g/mol. The van der Waals surface area contributed by atoms with E-state index in [0.29, 0.717) is 16.6 Å². The molecule has 1 unspecified atom stereocenters. The van der Waals surface area contributed by atoms with E-state index in [4.69, 9.17) is 34.7 Å². The molecule has 0 fully saturated rings. The van der Waals surface area contributed by atoms with Crippen molar-refractivity contribution in [2.75, 3.05) is 13.1 Å². The molecule has 2 aromatic rings. The van der Waals surface area contributed by atoms with Crippen LogP contribution in [-0.4, -0.2) is 23.9 Å². The van der Waals surface area contributed by atoms with E-state index in [1.54, 1.807) is 6.07 Å². The summed E-state index contributed by atoms with van der Waals surface area (Å²) in [6, 6.07) is 7.79. The summed E-state index contributed by atoms with van der Waals surface area (Å²) in [5.41, 5.74) is 13.4. The molecule has 0 spiro atoms. The van der Waals surface area contributed by atoms with Crippen LogP contribution < -0.4 is 11.5 Å². The van der Waals surface area contributed by atoms with Crippen molar-refractivity contribution >= 4 is 64.5 Å². The lowest BCUT2D eigenvalue weighted by Crippen LogP contribution is -2.36. The minimum absolute atomic E-state index is 0. The van der Waals surface area contributed by atoms with Crippen LogP contribution >= 0.6 is 58.5 Å². The van der Waals surface area contributed by atoms with Crippen LogP contribution in [0, 0.1) is 0 Å². The van der Waals surface area contributed by atoms with Crippen molar-refractivity contribution in [3.63, 3.8) is 0 Å². The van der Waals surface area contributed by atoms with Crippen molar-refractivity contribution in [1.82, 2.24) is 4.90 Å². The molecule has 1 atom stereocenters. The number of halogens is 3. The van der Waals surface area contributed by atoms with Crippen LogP contribution in [0.1, 0.15) is 22.0 Å². The zero-order valence-electron chi connectivity index (χ0n) is 12.9. The SMILES string of the molecule is I.NC(N)=NCC(c1ccc(Cl)cc1Cl)N1CCc2sccc2C1. The highest BCUT2D eigenvalue weighted by Crippen LogP contribution is 2.34. The number of aliphatic imine (C=N–C) groups is 1. The molecule has 1 aromatic carbocycles. The van der Waals surface area contributed by atoms with Crippen LogP contribution in [-0.2, 0) is 13.0 Å². The first-order valence-electron chi connectivity index (χ1n) is 7.34. The number of hydrogen-bond donors (Lipinski definition) is 2. The Morgan fingerprint density at radius 3 is 2.79 bits per heavy atom. The molecule has 24 heavy (non-hydrogen) atoms. The lowest BCUT2D eigenvalue weighted by atomic mass is 10.0. The summed E-state index contributed by atoms with van der Waals surface area (Å²) in [5.74, 6) is 0.0910. The first kappa shape index (κ1) is 19.8. The Bertz CT molecular complexity index is 731. The third kappa shape index (κ3) is 4.54. The summed E-state index contributed by atoms with van der Waals surface area (Å²) in [6.45, 7) is 2.31. The van der Waals surface area contributed by atoms with Crippen molar-refractivity contribution in [3.05, 3.63) is 55.7 Å². The fourth-order valence-corrected chi connectivity index (χ4v) is 4.33. The Hall–Kier alpha value is -0.540. The van der Waals surface area contributed by atoms with E-state index in [0.717, 1.165) is 25.1 Å². The van der Waals surface area contributed by atoms with Gasteiger partial charge in [0, 0.05) is 28.0 Å². The number of thiophene rings is 1. The average molecular weight is 497 g/mol. The van der Waals surface area contributed by atoms with Gasteiger partial charge in [0.2, 0.25) is 0 Å². The molecule has 3 rings (SSSR count). The topological polar surface area (TPSA) is 67.6 Å². The second kappa shape index (κ2) is 8.71. The summed E-state index contributed by atoms with van der Waals surface area (Å²) in [5, 5.41) is 3.41. The molecule has 0 saturated carbocycles. The van der Waals surface area contributed by atoms with E-state index in [1.165, 1.54) is 10.4 Å². The van der Waals surface area contributed by atoms with Gasteiger partial charge in [0.1, 0.15) is 0 Å².